The summed E-state index contributed by atoms with van der Waals surface area (Å²) in [4.78, 5) is 13.2. The van der Waals surface area contributed by atoms with E-state index in [0.717, 1.165) is 27.5 Å². The van der Waals surface area contributed by atoms with Crippen molar-refractivity contribution < 1.29 is 9.47 Å². The first kappa shape index (κ1) is 16.2. The zero-order valence-corrected chi connectivity index (χ0v) is 15.1. The molecule has 2 aromatic carbocycles. The third-order valence-electron chi connectivity index (χ3n) is 4.78. The predicted molar refractivity (Wildman–Crippen MR) is 102 cm³/mol. The van der Waals surface area contributed by atoms with Crippen LogP contribution in [-0.4, -0.2) is 28.6 Å². The van der Waals surface area contributed by atoms with Crippen LogP contribution in [0.25, 0.3) is 27.5 Å². The van der Waals surface area contributed by atoms with Crippen LogP contribution in [-0.2, 0) is 7.05 Å². The van der Waals surface area contributed by atoms with Gasteiger partial charge in [-0.3, -0.25) is 4.79 Å². The van der Waals surface area contributed by atoms with Gasteiger partial charge in [0, 0.05) is 23.9 Å². The molecule has 0 fully saturated rings. The second kappa shape index (κ2) is 5.91. The van der Waals surface area contributed by atoms with Crippen molar-refractivity contribution in [3.63, 3.8) is 0 Å². The zero-order chi connectivity index (χ0) is 18.4. The number of aromatic nitrogens is 3. The molecule has 0 amide bonds. The maximum Gasteiger partial charge on any atom is 0.296 e. The first-order valence-corrected chi connectivity index (χ1v) is 8.25. The lowest BCUT2D eigenvalue weighted by atomic mass is 10.2. The Bertz CT molecular complexity index is 1200. The molecule has 6 nitrogen and oxygen atoms in total. The van der Waals surface area contributed by atoms with E-state index in [0.29, 0.717) is 17.0 Å². The maximum atomic E-state index is 13.2. The van der Waals surface area contributed by atoms with E-state index in [4.69, 9.17) is 9.47 Å². The molecule has 4 rings (SSSR count). The molecule has 0 unspecified atom stereocenters. The van der Waals surface area contributed by atoms with E-state index >= 15 is 0 Å². The highest BCUT2D eigenvalue weighted by Crippen LogP contribution is 2.36. The fraction of sp³-hybridized carbons (Fsp3) is 0.200. The summed E-state index contributed by atoms with van der Waals surface area (Å²) in [6.07, 6.45) is 1.73. The van der Waals surface area contributed by atoms with Gasteiger partial charge in [-0.05, 0) is 24.6 Å². The molecule has 0 spiro atoms. The van der Waals surface area contributed by atoms with Gasteiger partial charge >= 0.3 is 0 Å². The van der Waals surface area contributed by atoms with Gasteiger partial charge in [-0.25, -0.2) is 0 Å². The van der Waals surface area contributed by atoms with Gasteiger partial charge in [-0.15, -0.1) is 0 Å². The molecule has 0 aliphatic heterocycles. The minimum Gasteiger partial charge on any atom is -0.493 e. The number of ether oxygens (including phenoxy) is 2. The summed E-state index contributed by atoms with van der Waals surface area (Å²) in [5.41, 5.74) is 3.09. The lowest BCUT2D eigenvalue weighted by molar-refractivity contribution is 0.356. The van der Waals surface area contributed by atoms with Crippen molar-refractivity contribution >= 4 is 21.8 Å². The van der Waals surface area contributed by atoms with Crippen LogP contribution in [0.2, 0.25) is 0 Å². The smallest absolute Gasteiger partial charge is 0.296 e. The Morgan fingerprint density at radius 1 is 1.00 bits per heavy atom. The van der Waals surface area contributed by atoms with E-state index in [1.54, 1.807) is 20.4 Å². The van der Waals surface area contributed by atoms with Crippen molar-refractivity contribution in [2.24, 2.45) is 7.05 Å². The van der Waals surface area contributed by atoms with Crippen LogP contribution in [0.5, 0.6) is 11.5 Å². The SMILES string of the molecule is COc1cc2c3cnn(-c4ccccc4C)c(=O)c3n(C)c2cc1OC. The lowest BCUT2D eigenvalue weighted by Crippen LogP contribution is -2.23. The quantitative estimate of drug-likeness (QED) is 0.570. The normalized spacial score (nSPS) is 11.2. The molecule has 0 radical (unpaired) electrons. The topological polar surface area (TPSA) is 58.3 Å². The Balaban J connectivity index is 2.10. The van der Waals surface area contributed by atoms with Crippen molar-refractivity contribution in [1.29, 1.82) is 0 Å². The first-order chi connectivity index (χ1) is 12.6. The number of fused-ring (bicyclic) bond motifs is 3. The molecule has 2 heterocycles. The van der Waals surface area contributed by atoms with E-state index < -0.39 is 0 Å². The van der Waals surface area contributed by atoms with Crippen molar-refractivity contribution in [2.75, 3.05) is 14.2 Å². The molecule has 132 valence electrons. The van der Waals surface area contributed by atoms with Gasteiger partial charge in [0.2, 0.25) is 0 Å². The molecule has 6 heteroatoms. The minimum absolute atomic E-state index is 0.159. The Kier molecular flexibility index (Phi) is 3.68. The van der Waals surface area contributed by atoms with Gasteiger partial charge in [0.25, 0.3) is 5.56 Å². The number of hydrogen-bond donors (Lipinski definition) is 0. The molecule has 0 saturated carbocycles. The second-order valence-corrected chi connectivity index (χ2v) is 6.19. The van der Waals surface area contributed by atoms with Crippen LogP contribution < -0.4 is 15.0 Å². The summed E-state index contributed by atoms with van der Waals surface area (Å²) in [6, 6.07) is 11.5. The van der Waals surface area contributed by atoms with E-state index in [1.165, 1.54) is 4.68 Å². The Labute approximate surface area is 150 Å². The Hall–Kier alpha value is -3.28. The monoisotopic (exact) mass is 349 g/mol. The van der Waals surface area contributed by atoms with Gasteiger partial charge in [0.1, 0.15) is 5.52 Å². The largest absolute Gasteiger partial charge is 0.493 e. The fourth-order valence-corrected chi connectivity index (χ4v) is 3.42. The van der Waals surface area contributed by atoms with E-state index in [1.807, 2.05) is 54.9 Å². The Morgan fingerprint density at radius 2 is 1.69 bits per heavy atom. The zero-order valence-electron chi connectivity index (χ0n) is 15.1. The van der Waals surface area contributed by atoms with Gasteiger partial charge in [0.15, 0.2) is 11.5 Å². The summed E-state index contributed by atoms with van der Waals surface area (Å²) < 4.78 is 14.1. The molecule has 0 N–H and O–H groups in total. The highest BCUT2D eigenvalue weighted by molar-refractivity contribution is 6.08. The molecule has 0 bridgehead atoms. The molecule has 0 atom stereocenters. The van der Waals surface area contributed by atoms with Gasteiger partial charge in [-0.2, -0.15) is 9.78 Å². The fourth-order valence-electron chi connectivity index (χ4n) is 3.42. The van der Waals surface area contributed by atoms with Crippen molar-refractivity contribution in [1.82, 2.24) is 14.3 Å². The number of hydrogen-bond acceptors (Lipinski definition) is 4. The molecule has 0 aliphatic carbocycles. The third kappa shape index (κ3) is 2.19. The van der Waals surface area contributed by atoms with Crippen molar-refractivity contribution in [2.45, 2.75) is 6.92 Å². The van der Waals surface area contributed by atoms with E-state index in [2.05, 4.69) is 5.10 Å². The average Bonchev–Trinajstić information content (AvgIpc) is 2.94. The van der Waals surface area contributed by atoms with Crippen LogP contribution in [0.1, 0.15) is 5.56 Å². The molecular formula is C20H19N3O3. The van der Waals surface area contributed by atoms with Crippen LogP contribution in [0.3, 0.4) is 0 Å². The van der Waals surface area contributed by atoms with Crippen molar-refractivity contribution in [3.05, 3.63) is 58.5 Å². The van der Waals surface area contributed by atoms with Gasteiger partial charge in [0.05, 0.1) is 31.6 Å². The van der Waals surface area contributed by atoms with E-state index in [-0.39, 0.29) is 5.56 Å². The summed E-state index contributed by atoms with van der Waals surface area (Å²) in [5, 5.41) is 6.11. The molecular weight excluding hydrogens is 330 g/mol. The summed E-state index contributed by atoms with van der Waals surface area (Å²) in [5.74, 6) is 1.24. The highest BCUT2D eigenvalue weighted by atomic mass is 16.5. The highest BCUT2D eigenvalue weighted by Gasteiger charge is 2.18. The number of aryl methyl sites for hydroxylation is 2. The molecule has 0 saturated heterocycles. The molecule has 0 aliphatic rings. The second-order valence-electron chi connectivity index (χ2n) is 6.19. The molecule has 4 aromatic rings. The molecule has 2 aromatic heterocycles. The van der Waals surface area contributed by atoms with E-state index in [9.17, 15) is 4.79 Å². The number of rotatable bonds is 3. The third-order valence-corrected chi connectivity index (χ3v) is 4.78. The Morgan fingerprint density at radius 3 is 2.38 bits per heavy atom. The standard InChI is InChI=1S/C20H19N3O3/c1-12-7-5-6-8-15(12)23-20(24)19-14(11-21-23)13-9-17(25-3)18(26-4)10-16(13)22(19)2/h5-11H,1-4H3. The first-order valence-electron chi connectivity index (χ1n) is 8.25. The van der Waals surface area contributed by atoms with Crippen LogP contribution >= 0.6 is 0 Å². The number of benzene rings is 2. The summed E-state index contributed by atoms with van der Waals surface area (Å²) in [6.45, 7) is 1.96. The van der Waals surface area contributed by atoms with Crippen LogP contribution in [0, 0.1) is 6.92 Å². The lowest BCUT2D eigenvalue weighted by Gasteiger charge is -2.08. The van der Waals surface area contributed by atoms with Gasteiger partial charge < -0.3 is 14.0 Å². The van der Waals surface area contributed by atoms with Gasteiger partial charge in [-0.1, -0.05) is 18.2 Å². The number of methoxy groups -OCH3 is 2. The predicted octanol–water partition coefficient (Wildman–Crippen LogP) is 3.20. The average molecular weight is 349 g/mol. The van der Waals surface area contributed by atoms with Crippen LogP contribution in [0.4, 0.5) is 0 Å². The summed E-state index contributed by atoms with van der Waals surface area (Å²) in [7, 11) is 5.07. The summed E-state index contributed by atoms with van der Waals surface area (Å²) >= 11 is 0. The number of para-hydroxylation sites is 1. The van der Waals surface area contributed by atoms with Crippen LogP contribution in [0.15, 0.2) is 47.4 Å². The maximum absolute atomic E-state index is 13.2. The number of nitrogens with zero attached hydrogens (tertiary/aromatic N) is 3. The minimum atomic E-state index is -0.159. The molecule has 26 heavy (non-hydrogen) atoms. The van der Waals surface area contributed by atoms with Crippen molar-refractivity contribution in [3.8, 4) is 17.2 Å².